The molecule has 0 unspecified atom stereocenters. The van der Waals surface area contributed by atoms with Crippen molar-refractivity contribution in [3.8, 4) is 0 Å². The molecule has 0 radical (unpaired) electrons. The van der Waals surface area contributed by atoms with Crippen molar-refractivity contribution in [3.05, 3.63) is 0 Å². The van der Waals surface area contributed by atoms with E-state index in [1.165, 1.54) is 32.2 Å². The summed E-state index contributed by atoms with van der Waals surface area (Å²) in [7, 11) is 0. The third-order valence-corrected chi connectivity index (χ3v) is 3.32. The van der Waals surface area contributed by atoms with Crippen molar-refractivity contribution < 1.29 is 4.79 Å². The number of nitrogens with zero attached hydrogens (tertiary/aromatic N) is 1. The highest BCUT2D eigenvalue weighted by Gasteiger charge is 2.22. The second-order valence-corrected chi connectivity index (χ2v) is 4.58. The fourth-order valence-electron chi connectivity index (χ4n) is 2.20. The Labute approximate surface area is 93.0 Å². The standard InChI is InChI=1S/C12H24N2O/c1-2-3-4-5-8-14-9-6-11(7-10-14)12(13)15/h11H,2-10H2,1H3,(H2,13,15). The summed E-state index contributed by atoms with van der Waals surface area (Å²) in [4.78, 5) is 13.4. The molecule has 0 aliphatic carbocycles. The van der Waals surface area contributed by atoms with Crippen LogP contribution in [0.2, 0.25) is 0 Å². The van der Waals surface area contributed by atoms with E-state index in [1.807, 2.05) is 0 Å². The summed E-state index contributed by atoms with van der Waals surface area (Å²) < 4.78 is 0. The molecule has 1 rings (SSSR count). The van der Waals surface area contributed by atoms with Gasteiger partial charge in [0.2, 0.25) is 5.91 Å². The normalized spacial score (nSPS) is 19.3. The number of carbonyl (C=O) groups excluding carboxylic acids is 1. The molecule has 3 heteroatoms. The average Bonchev–Trinajstić information content (AvgIpc) is 2.25. The highest BCUT2D eigenvalue weighted by Crippen LogP contribution is 2.17. The number of nitrogens with two attached hydrogens (primary N) is 1. The van der Waals surface area contributed by atoms with Gasteiger partial charge in [-0.2, -0.15) is 0 Å². The lowest BCUT2D eigenvalue weighted by Gasteiger charge is -2.30. The van der Waals surface area contributed by atoms with Crippen molar-refractivity contribution in [3.63, 3.8) is 0 Å². The Balaban J connectivity index is 2.07. The van der Waals surface area contributed by atoms with Crippen LogP contribution in [0, 0.1) is 5.92 Å². The van der Waals surface area contributed by atoms with Crippen molar-refractivity contribution in [2.45, 2.75) is 45.4 Å². The van der Waals surface area contributed by atoms with Crippen LogP contribution < -0.4 is 5.73 Å². The Morgan fingerprint density at radius 1 is 1.27 bits per heavy atom. The quantitative estimate of drug-likeness (QED) is 0.682. The number of hydrogen-bond donors (Lipinski definition) is 1. The fraction of sp³-hybridized carbons (Fsp3) is 0.917. The average molecular weight is 212 g/mol. The number of hydrogen-bond acceptors (Lipinski definition) is 2. The molecule has 0 atom stereocenters. The molecule has 1 saturated heterocycles. The topological polar surface area (TPSA) is 46.3 Å². The van der Waals surface area contributed by atoms with Crippen LogP contribution in [-0.4, -0.2) is 30.4 Å². The van der Waals surface area contributed by atoms with Gasteiger partial charge in [-0.15, -0.1) is 0 Å². The predicted octanol–water partition coefficient (Wildman–Crippen LogP) is 1.76. The van der Waals surface area contributed by atoms with Crippen LogP contribution in [0.1, 0.15) is 45.4 Å². The first-order valence-electron chi connectivity index (χ1n) is 6.25. The summed E-state index contributed by atoms with van der Waals surface area (Å²) in [6.45, 7) is 5.54. The van der Waals surface area contributed by atoms with Gasteiger partial charge in [0, 0.05) is 5.92 Å². The van der Waals surface area contributed by atoms with Gasteiger partial charge in [0.05, 0.1) is 0 Å². The Morgan fingerprint density at radius 2 is 1.93 bits per heavy atom. The summed E-state index contributed by atoms with van der Waals surface area (Å²) in [6, 6.07) is 0. The smallest absolute Gasteiger partial charge is 0.220 e. The molecule has 1 heterocycles. The van der Waals surface area contributed by atoms with Gasteiger partial charge in [0.1, 0.15) is 0 Å². The molecule has 0 aromatic carbocycles. The van der Waals surface area contributed by atoms with E-state index in [0.717, 1.165) is 25.9 Å². The maximum Gasteiger partial charge on any atom is 0.220 e. The van der Waals surface area contributed by atoms with E-state index in [0.29, 0.717) is 0 Å². The summed E-state index contributed by atoms with van der Waals surface area (Å²) in [5, 5.41) is 0. The van der Waals surface area contributed by atoms with Gasteiger partial charge in [-0.05, 0) is 38.9 Å². The van der Waals surface area contributed by atoms with E-state index in [1.54, 1.807) is 0 Å². The molecule has 1 aliphatic rings. The fourth-order valence-corrected chi connectivity index (χ4v) is 2.20. The molecular formula is C12H24N2O. The molecule has 3 nitrogen and oxygen atoms in total. The van der Waals surface area contributed by atoms with Gasteiger partial charge in [-0.1, -0.05) is 26.2 Å². The van der Waals surface area contributed by atoms with Crippen LogP contribution in [0.5, 0.6) is 0 Å². The predicted molar refractivity (Wildman–Crippen MR) is 62.5 cm³/mol. The third-order valence-electron chi connectivity index (χ3n) is 3.32. The van der Waals surface area contributed by atoms with Crippen LogP contribution in [0.15, 0.2) is 0 Å². The van der Waals surface area contributed by atoms with Crippen molar-refractivity contribution in [2.75, 3.05) is 19.6 Å². The number of likely N-dealkylation sites (tertiary alicyclic amines) is 1. The van der Waals surface area contributed by atoms with E-state index in [9.17, 15) is 4.79 Å². The molecule has 1 aliphatic heterocycles. The van der Waals surface area contributed by atoms with Gasteiger partial charge in [-0.25, -0.2) is 0 Å². The second-order valence-electron chi connectivity index (χ2n) is 4.58. The molecule has 0 aromatic rings. The van der Waals surface area contributed by atoms with Crippen LogP contribution in [-0.2, 0) is 4.79 Å². The third kappa shape index (κ3) is 4.65. The zero-order chi connectivity index (χ0) is 11.1. The molecule has 88 valence electrons. The van der Waals surface area contributed by atoms with Crippen molar-refractivity contribution in [1.82, 2.24) is 4.90 Å². The van der Waals surface area contributed by atoms with Gasteiger partial charge < -0.3 is 10.6 Å². The highest BCUT2D eigenvalue weighted by atomic mass is 16.1. The molecule has 1 amide bonds. The minimum atomic E-state index is -0.111. The molecule has 0 aromatic heterocycles. The van der Waals surface area contributed by atoms with Crippen molar-refractivity contribution in [1.29, 1.82) is 0 Å². The molecular weight excluding hydrogens is 188 g/mol. The number of carbonyl (C=O) groups is 1. The first-order valence-corrected chi connectivity index (χ1v) is 6.25. The Bertz CT molecular complexity index is 186. The zero-order valence-electron chi connectivity index (χ0n) is 9.87. The molecule has 0 saturated carbocycles. The lowest BCUT2D eigenvalue weighted by atomic mass is 9.96. The van der Waals surface area contributed by atoms with Gasteiger partial charge in [0.25, 0.3) is 0 Å². The summed E-state index contributed by atoms with van der Waals surface area (Å²) in [5.74, 6) is 0.0255. The highest BCUT2D eigenvalue weighted by molar-refractivity contribution is 5.76. The molecule has 2 N–H and O–H groups in total. The van der Waals surface area contributed by atoms with E-state index < -0.39 is 0 Å². The summed E-state index contributed by atoms with van der Waals surface area (Å²) in [5.41, 5.74) is 5.29. The lowest BCUT2D eigenvalue weighted by Crippen LogP contribution is -2.38. The maximum absolute atomic E-state index is 11.0. The first kappa shape index (κ1) is 12.5. The van der Waals surface area contributed by atoms with E-state index >= 15 is 0 Å². The maximum atomic E-state index is 11.0. The number of amides is 1. The largest absolute Gasteiger partial charge is 0.369 e. The Hall–Kier alpha value is -0.570. The molecule has 0 bridgehead atoms. The summed E-state index contributed by atoms with van der Waals surface area (Å²) >= 11 is 0. The number of piperidine rings is 1. The Kier molecular flexibility index (Phi) is 5.69. The van der Waals surface area contributed by atoms with Crippen molar-refractivity contribution in [2.24, 2.45) is 11.7 Å². The lowest BCUT2D eigenvalue weighted by molar-refractivity contribution is -0.123. The van der Waals surface area contributed by atoms with Gasteiger partial charge in [0.15, 0.2) is 0 Å². The van der Waals surface area contributed by atoms with Crippen LogP contribution in [0.25, 0.3) is 0 Å². The summed E-state index contributed by atoms with van der Waals surface area (Å²) in [6.07, 6.45) is 7.20. The van der Waals surface area contributed by atoms with E-state index in [2.05, 4.69) is 11.8 Å². The van der Waals surface area contributed by atoms with E-state index in [4.69, 9.17) is 5.73 Å². The van der Waals surface area contributed by atoms with Crippen LogP contribution in [0.3, 0.4) is 0 Å². The molecule has 0 spiro atoms. The Morgan fingerprint density at radius 3 is 2.47 bits per heavy atom. The minimum absolute atomic E-state index is 0.111. The van der Waals surface area contributed by atoms with Crippen LogP contribution >= 0.6 is 0 Å². The second kappa shape index (κ2) is 6.83. The number of unbranched alkanes of at least 4 members (excludes halogenated alkanes) is 3. The SMILES string of the molecule is CCCCCCN1CCC(C(N)=O)CC1. The monoisotopic (exact) mass is 212 g/mol. The number of rotatable bonds is 6. The van der Waals surface area contributed by atoms with Crippen LogP contribution in [0.4, 0.5) is 0 Å². The van der Waals surface area contributed by atoms with Crippen molar-refractivity contribution >= 4 is 5.91 Å². The first-order chi connectivity index (χ1) is 7.24. The zero-order valence-corrected chi connectivity index (χ0v) is 9.87. The van der Waals surface area contributed by atoms with Gasteiger partial charge in [-0.3, -0.25) is 4.79 Å². The minimum Gasteiger partial charge on any atom is -0.369 e. The number of primary amides is 1. The van der Waals surface area contributed by atoms with E-state index in [-0.39, 0.29) is 11.8 Å². The molecule has 15 heavy (non-hydrogen) atoms. The molecule has 1 fully saturated rings. The van der Waals surface area contributed by atoms with Gasteiger partial charge >= 0.3 is 0 Å².